The molecule has 130 valence electrons. The molecule has 0 radical (unpaired) electrons. The lowest BCUT2D eigenvalue weighted by atomic mass is 10.1. The fourth-order valence-electron chi connectivity index (χ4n) is 1.87. The van der Waals surface area contributed by atoms with Crippen LogP contribution >= 0.6 is 0 Å². The highest BCUT2D eigenvalue weighted by Crippen LogP contribution is 2.32. The zero-order valence-electron chi connectivity index (χ0n) is 13.3. The van der Waals surface area contributed by atoms with Gasteiger partial charge in [0, 0.05) is 17.8 Å². The van der Waals surface area contributed by atoms with Crippen molar-refractivity contribution in [1.29, 1.82) is 5.26 Å². The van der Waals surface area contributed by atoms with E-state index in [4.69, 9.17) is 10.00 Å². The number of rotatable bonds is 4. The second-order valence-electron chi connectivity index (χ2n) is 5.26. The quantitative estimate of drug-likeness (QED) is 0.624. The Morgan fingerprint density at radius 1 is 1.36 bits per heavy atom. The molecular formula is C16H13F3N4O2. The molecule has 0 bridgehead atoms. The maximum absolute atomic E-state index is 12.9. The molecule has 0 atom stereocenters. The van der Waals surface area contributed by atoms with Gasteiger partial charge in [0.1, 0.15) is 6.33 Å². The molecule has 25 heavy (non-hydrogen) atoms. The van der Waals surface area contributed by atoms with Crippen molar-refractivity contribution in [1.82, 2.24) is 14.8 Å². The van der Waals surface area contributed by atoms with Crippen molar-refractivity contribution in [3.8, 4) is 17.5 Å². The predicted molar refractivity (Wildman–Crippen MR) is 81.7 cm³/mol. The number of nitriles is 1. The maximum Gasteiger partial charge on any atom is 0.416 e. The van der Waals surface area contributed by atoms with Crippen molar-refractivity contribution in [2.24, 2.45) is 0 Å². The van der Waals surface area contributed by atoms with Crippen LogP contribution in [0.4, 0.5) is 13.2 Å². The average molecular weight is 350 g/mol. The van der Waals surface area contributed by atoms with Gasteiger partial charge < -0.3 is 4.74 Å². The summed E-state index contributed by atoms with van der Waals surface area (Å²) in [5.41, 5.74) is -1.07. The van der Waals surface area contributed by atoms with Crippen LogP contribution in [-0.2, 0) is 15.7 Å². The first kappa shape index (κ1) is 18.2. The Kier molecular flexibility index (Phi) is 5.22. The summed E-state index contributed by atoms with van der Waals surface area (Å²) >= 11 is 0. The van der Waals surface area contributed by atoms with Crippen molar-refractivity contribution >= 4 is 12.2 Å². The van der Waals surface area contributed by atoms with E-state index < -0.39 is 17.7 Å². The lowest BCUT2D eigenvalue weighted by Gasteiger charge is -2.08. The van der Waals surface area contributed by atoms with Gasteiger partial charge >= 0.3 is 12.1 Å². The van der Waals surface area contributed by atoms with Crippen molar-refractivity contribution in [2.75, 3.05) is 0 Å². The van der Waals surface area contributed by atoms with E-state index in [0.717, 1.165) is 22.9 Å². The molecule has 1 heterocycles. The van der Waals surface area contributed by atoms with Crippen LogP contribution in [0.25, 0.3) is 17.6 Å². The highest BCUT2D eigenvalue weighted by atomic mass is 19.4. The number of ether oxygens (including phenoxy) is 1. The van der Waals surface area contributed by atoms with Crippen LogP contribution in [0, 0.1) is 11.3 Å². The van der Waals surface area contributed by atoms with Gasteiger partial charge in [0.15, 0.2) is 5.82 Å². The topological polar surface area (TPSA) is 80.8 Å². The molecule has 0 aliphatic heterocycles. The third-order valence-electron chi connectivity index (χ3n) is 2.87. The number of carbonyl (C=O) groups excluding carboxylic acids is 1. The number of benzene rings is 1. The van der Waals surface area contributed by atoms with Crippen LogP contribution < -0.4 is 0 Å². The van der Waals surface area contributed by atoms with Crippen molar-refractivity contribution in [3.63, 3.8) is 0 Å². The standard InChI is InChI=1S/C16H13F3N4O2/c1-10(2)25-14(24)3-4-23-9-21-15(22-23)12-5-11(8-20)6-13(7-12)16(17,18)19/h3-7,9-10H,1-2H3. The van der Waals surface area contributed by atoms with Crippen molar-refractivity contribution < 1.29 is 22.7 Å². The Hall–Kier alpha value is -3.15. The molecule has 1 aromatic carbocycles. The summed E-state index contributed by atoms with van der Waals surface area (Å²) in [6.45, 7) is 3.39. The van der Waals surface area contributed by atoms with Gasteiger partial charge in [-0.2, -0.15) is 18.4 Å². The number of aromatic nitrogens is 3. The summed E-state index contributed by atoms with van der Waals surface area (Å²) in [4.78, 5) is 15.3. The number of alkyl halides is 3. The molecule has 0 aliphatic carbocycles. The monoisotopic (exact) mass is 350 g/mol. The highest BCUT2D eigenvalue weighted by Gasteiger charge is 2.31. The highest BCUT2D eigenvalue weighted by molar-refractivity contribution is 5.85. The Morgan fingerprint density at radius 3 is 2.68 bits per heavy atom. The van der Waals surface area contributed by atoms with Gasteiger partial charge in [-0.05, 0) is 32.0 Å². The first-order valence-electron chi connectivity index (χ1n) is 7.12. The lowest BCUT2D eigenvalue weighted by molar-refractivity contribution is -0.141. The number of nitrogens with zero attached hydrogens (tertiary/aromatic N) is 4. The third-order valence-corrected chi connectivity index (χ3v) is 2.87. The SMILES string of the molecule is CC(C)OC(=O)C=Cn1cnc(-c2cc(C#N)cc(C(F)(F)F)c2)n1. The van der Waals surface area contributed by atoms with Gasteiger partial charge in [-0.15, -0.1) is 5.10 Å². The summed E-state index contributed by atoms with van der Waals surface area (Å²) in [6.07, 6.45) is -1.27. The van der Waals surface area contributed by atoms with Gasteiger partial charge in [-0.3, -0.25) is 0 Å². The Labute approximate surface area is 141 Å². The van der Waals surface area contributed by atoms with Crippen LogP contribution in [0.5, 0.6) is 0 Å². The van der Waals surface area contributed by atoms with Gasteiger partial charge in [0.25, 0.3) is 0 Å². The molecule has 6 nitrogen and oxygen atoms in total. The minimum atomic E-state index is -4.59. The molecule has 0 aliphatic rings. The third kappa shape index (κ3) is 4.91. The minimum Gasteiger partial charge on any atom is -0.460 e. The molecule has 0 N–H and O–H groups in total. The minimum absolute atomic E-state index is 0.00974. The molecule has 0 amide bonds. The van der Waals surface area contributed by atoms with E-state index in [1.165, 1.54) is 18.6 Å². The number of halogens is 3. The number of carbonyl (C=O) groups is 1. The molecule has 2 aromatic rings. The molecular weight excluding hydrogens is 337 g/mol. The number of esters is 1. The van der Waals surface area contributed by atoms with E-state index in [-0.39, 0.29) is 23.1 Å². The van der Waals surface area contributed by atoms with Crippen LogP contribution in [0.1, 0.15) is 25.0 Å². The van der Waals surface area contributed by atoms with Crippen LogP contribution in [0.2, 0.25) is 0 Å². The molecule has 0 saturated heterocycles. The first-order chi connectivity index (χ1) is 11.7. The second-order valence-corrected chi connectivity index (χ2v) is 5.26. The number of hydrogen-bond acceptors (Lipinski definition) is 5. The average Bonchev–Trinajstić information content (AvgIpc) is 3.00. The largest absolute Gasteiger partial charge is 0.460 e. The van der Waals surface area contributed by atoms with E-state index in [0.29, 0.717) is 0 Å². The summed E-state index contributed by atoms with van der Waals surface area (Å²) in [7, 11) is 0. The Morgan fingerprint density at radius 2 is 2.08 bits per heavy atom. The van der Waals surface area contributed by atoms with Gasteiger partial charge in [0.2, 0.25) is 0 Å². The smallest absolute Gasteiger partial charge is 0.416 e. The van der Waals surface area contributed by atoms with Gasteiger partial charge in [-0.1, -0.05) is 0 Å². The molecule has 0 fully saturated rings. The molecule has 9 heteroatoms. The van der Waals surface area contributed by atoms with E-state index >= 15 is 0 Å². The van der Waals surface area contributed by atoms with Crippen molar-refractivity contribution in [3.05, 3.63) is 41.7 Å². The zero-order chi connectivity index (χ0) is 18.6. The van der Waals surface area contributed by atoms with E-state index in [1.54, 1.807) is 19.9 Å². The predicted octanol–water partition coefficient (Wildman–Crippen LogP) is 3.26. The first-order valence-corrected chi connectivity index (χ1v) is 7.12. The van der Waals surface area contributed by atoms with Crippen LogP contribution in [0.3, 0.4) is 0 Å². The van der Waals surface area contributed by atoms with E-state index in [2.05, 4.69) is 10.1 Å². The summed E-state index contributed by atoms with van der Waals surface area (Å²) < 4.78 is 44.8. The molecule has 0 unspecified atom stereocenters. The summed E-state index contributed by atoms with van der Waals surface area (Å²) in [5.74, 6) is -0.595. The second kappa shape index (κ2) is 7.17. The van der Waals surface area contributed by atoms with E-state index in [1.807, 2.05) is 0 Å². The van der Waals surface area contributed by atoms with E-state index in [9.17, 15) is 18.0 Å². The molecule has 1 aromatic heterocycles. The fourth-order valence-corrected chi connectivity index (χ4v) is 1.87. The Balaban J connectivity index is 2.29. The van der Waals surface area contributed by atoms with Crippen LogP contribution in [-0.4, -0.2) is 26.8 Å². The van der Waals surface area contributed by atoms with Gasteiger partial charge in [-0.25, -0.2) is 14.5 Å². The maximum atomic E-state index is 12.9. The fraction of sp³-hybridized carbons (Fsp3) is 0.250. The summed E-state index contributed by atoms with van der Waals surface area (Å²) in [6, 6.07) is 4.54. The van der Waals surface area contributed by atoms with Gasteiger partial charge in [0.05, 0.1) is 23.3 Å². The molecule has 2 rings (SSSR count). The zero-order valence-corrected chi connectivity index (χ0v) is 13.3. The molecule has 0 spiro atoms. The number of hydrogen-bond donors (Lipinski definition) is 0. The van der Waals surface area contributed by atoms with Crippen LogP contribution in [0.15, 0.2) is 30.6 Å². The molecule has 0 saturated carbocycles. The normalized spacial score (nSPS) is 11.7. The van der Waals surface area contributed by atoms with Crippen molar-refractivity contribution in [2.45, 2.75) is 26.1 Å². The summed E-state index contributed by atoms with van der Waals surface area (Å²) in [5, 5.41) is 12.9. The Bertz CT molecular complexity index is 848. The lowest BCUT2D eigenvalue weighted by Crippen LogP contribution is -2.08.